The van der Waals surface area contributed by atoms with Crippen molar-refractivity contribution in [1.29, 1.82) is 0 Å². The molecule has 0 spiro atoms. The van der Waals surface area contributed by atoms with Crippen LogP contribution in [0.25, 0.3) is 10.2 Å². The second-order valence-corrected chi connectivity index (χ2v) is 6.69. The maximum absolute atomic E-state index is 6.11. The second-order valence-electron chi connectivity index (χ2n) is 3.47. The minimum absolute atomic E-state index is 0.519. The number of fused-ring (bicyclic) bond motifs is 1. The summed E-state index contributed by atoms with van der Waals surface area (Å²) in [7, 11) is 0. The van der Waals surface area contributed by atoms with E-state index in [9.17, 15) is 0 Å². The molecule has 0 fully saturated rings. The van der Waals surface area contributed by atoms with Crippen molar-refractivity contribution in [1.82, 2.24) is 19.3 Å². The largest absolute Gasteiger partial charge is 0.221 e. The number of aromatic nitrogens is 4. The third-order valence-corrected chi connectivity index (χ3v) is 5.17. The molecule has 3 aromatic rings. The zero-order valence-corrected chi connectivity index (χ0v) is 12.5. The van der Waals surface area contributed by atoms with Crippen molar-refractivity contribution in [2.75, 3.05) is 0 Å². The average Bonchev–Trinajstić information content (AvgIpc) is 2.95. The van der Waals surface area contributed by atoms with E-state index in [1.165, 1.54) is 11.5 Å². The number of nitrogens with zero attached hydrogens (tertiary/aromatic N) is 4. The first-order valence-electron chi connectivity index (χ1n) is 5.05. The quantitative estimate of drug-likeness (QED) is 0.543. The number of aryl methyl sites for hydroxylation is 1. The first-order valence-corrected chi connectivity index (χ1v) is 8.07. The van der Waals surface area contributed by atoms with E-state index in [0.717, 1.165) is 26.2 Å². The van der Waals surface area contributed by atoms with Crippen LogP contribution < -0.4 is 0 Å². The Morgan fingerprint density at radius 2 is 2.22 bits per heavy atom. The van der Waals surface area contributed by atoms with Crippen molar-refractivity contribution in [3.05, 3.63) is 28.2 Å². The lowest BCUT2D eigenvalue weighted by Gasteiger charge is -1.99. The molecule has 18 heavy (non-hydrogen) atoms. The molecule has 0 aromatic carbocycles. The van der Waals surface area contributed by atoms with Crippen LogP contribution in [-0.4, -0.2) is 19.3 Å². The van der Waals surface area contributed by atoms with Gasteiger partial charge in [-0.1, -0.05) is 23.4 Å². The standard InChI is InChI=1S/C10H7ClN4S3/c1-5-12-10(18-15-5)17-4-7-13-8(11)6-2-3-16-9(6)14-7/h2-3H,4H2,1H3. The van der Waals surface area contributed by atoms with Gasteiger partial charge in [0.2, 0.25) is 0 Å². The Hall–Kier alpha value is -0.760. The summed E-state index contributed by atoms with van der Waals surface area (Å²) in [5.74, 6) is 2.19. The maximum Gasteiger partial charge on any atom is 0.170 e. The molecule has 0 aliphatic rings. The summed E-state index contributed by atoms with van der Waals surface area (Å²) in [5.41, 5.74) is 0. The SMILES string of the molecule is Cc1nsc(SCc2nc(Cl)c3ccsc3n2)n1. The molecule has 0 bridgehead atoms. The van der Waals surface area contributed by atoms with Gasteiger partial charge in [-0.05, 0) is 29.9 Å². The van der Waals surface area contributed by atoms with Gasteiger partial charge in [0.05, 0.1) is 5.75 Å². The van der Waals surface area contributed by atoms with Gasteiger partial charge in [-0.2, -0.15) is 4.37 Å². The summed E-state index contributed by atoms with van der Waals surface area (Å²) in [4.78, 5) is 14.0. The molecule has 0 radical (unpaired) electrons. The molecule has 0 N–H and O–H groups in total. The monoisotopic (exact) mass is 314 g/mol. The van der Waals surface area contributed by atoms with Gasteiger partial charge in [0.25, 0.3) is 0 Å². The molecule has 3 heterocycles. The highest BCUT2D eigenvalue weighted by Gasteiger charge is 2.08. The number of halogens is 1. The fourth-order valence-corrected chi connectivity index (χ4v) is 3.98. The van der Waals surface area contributed by atoms with Crippen molar-refractivity contribution in [3.8, 4) is 0 Å². The van der Waals surface area contributed by atoms with Crippen LogP contribution in [0.4, 0.5) is 0 Å². The Kier molecular flexibility index (Phi) is 3.47. The van der Waals surface area contributed by atoms with Gasteiger partial charge >= 0.3 is 0 Å². The minimum atomic E-state index is 0.519. The Bertz CT molecular complexity index is 693. The molecule has 0 unspecified atom stereocenters. The number of hydrogen-bond donors (Lipinski definition) is 0. The van der Waals surface area contributed by atoms with Crippen LogP contribution in [0.5, 0.6) is 0 Å². The Balaban J connectivity index is 1.82. The van der Waals surface area contributed by atoms with Crippen LogP contribution >= 0.6 is 46.2 Å². The average molecular weight is 315 g/mol. The van der Waals surface area contributed by atoms with Crippen molar-refractivity contribution < 1.29 is 0 Å². The van der Waals surface area contributed by atoms with Crippen LogP contribution in [0.3, 0.4) is 0 Å². The molecule has 0 aliphatic carbocycles. The molecule has 0 atom stereocenters. The first-order chi connectivity index (χ1) is 8.72. The molecule has 0 saturated carbocycles. The van der Waals surface area contributed by atoms with Gasteiger partial charge in [-0.15, -0.1) is 11.3 Å². The zero-order chi connectivity index (χ0) is 12.5. The molecule has 3 aromatic heterocycles. The predicted octanol–water partition coefficient (Wildman–Crippen LogP) is 3.80. The molecule has 0 aliphatic heterocycles. The lowest BCUT2D eigenvalue weighted by molar-refractivity contribution is 1.06. The minimum Gasteiger partial charge on any atom is -0.221 e. The van der Waals surface area contributed by atoms with E-state index in [-0.39, 0.29) is 0 Å². The van der Waals surface area contributed by atoms with Crippen molar-refractivity contribution in [2.24, 2.45) is 0 Å². The number of rotatable bonds is 3. The number of hydrogen-bond acceptors (Lipinski definition) is 7. The summed E-state index contributed by atoms with van der Waals surface area (Å²) in [6.07, 6.45) is 0. The highest BCUT2D eigenvalue weighted by Crippen LogP contribution is 2.28. The Labute approximate surface area is 121 Å². The van der Waals surface area contributed by atoms with Crippen molar-refractivity contribution in [3.63, 3.8) is 0 Å². The highest BCUT2D eigenvalue weighted by molar-refractivity contribution is 8.00. The fourth-order valence-electron chi connectivity index (χ4n) is 1.39. The highest BCUT2D eigenvalue weighted by atomic mass is 35.5. The maximum atomic E-state index is 6.11. The second kappa shape index (κ2) is 5.08. The molecule has 3 rings (SSSR count). The molecule has 92 valence electrons. The van der Waals surface area contributed by atoms with E-state index in [1.54, 1.807) is 23.1 Å². The third kappa shape index (κ3) is 2.49. The smallest absolute Gasteiger partial charge is 0.170 e. The molecule has 4 nitrogen and oxygen atoms in total. The van der Waals surface area contributed by atoms with Crippen LogP contribution in [0.2, 0.25) is 5.15 Å². The topological polar surface area (TPSA) is 51.6 Å². The Morgan fingerprint density at radius 1 is 1.33 bits per heavy atom. The lowest BCUT2D eigenvalue weighted by Crippen LogP contribution is -1.92. The summed E-state index contributed by atoms with van der Waals surface area (Å²) in [6, 6.07) is 1.94. The van der Waals surface area contributed by atoms with E-state index in [0.29, 0.717) is 10.9 Å². The molecular weight excluding hydrogens is 308 g/mol. The zero-order valence-electron chi connectivity index (χ0n) is 9.25. The summed E-state index contributed by atoms with van der Waals surface area (Å²) in [5, 5.41) is 3.41. The van der Waals surface area contributed by atoms with Crippen LogP contribution in [-0.2, 0) is 5.75 Å². The number of thiophene rings is 1. The van der Waals surface area contributed by atoms with E-state index >= 15 is 0 Å². The van der Waals surface area contributed by atoms with Gasteiger partial charge in [0.1, 0.15) is 21.6 Å². The predicted molar refractivity (Wildman–Crippen MR) is 76.6 cm³/mol. The summed E-state index contributed by atoms with van der Waals surface area (Å²) in [6.45, 7) is 1.88. The Morgan fingerprint density at radius 3 is 3.00 bits per heavy atom. The molecule has 8 heteroatoms. The fraction of sp³-hybridized carbons (Fsp3) is 0.200. The van der Waals surface area contributed by atoms with E-state index in [1.807, 2.05) is 18.4 Å². The van der Waals surface area contributed by atoms with E-state index in [2.05, 4.69) is 19.3 Å². The number of thioether (sulfide) groups is 1. The van der Waals surface area contributed by atoms with Gasteiger partial charge < -0.3 is 0 Å². The van der Waals surface area contributed by atoms with Crippen LogP contribution in [0.15, 0.2) is 15.8 Å². The van der Waals surface area contributed by atoms with E-state index in [4.69, 9.17) is 11.6 Å². The summed E-state index contributed by atoms with van der Waals surface area (Å²) < 4.78 is 5.06. The van der Waals surface area contributed by atoms with E-state index < -0.39 is 0 Å². The van der Waals surface area contributed by atoms with Crippen LogP contribution in [0, 0.1) is 6.92 Å². The summed E-state index contributed by atoms with van der Waals surface area (Å²) >= 11 is 10.7. The first kappa shape index (κ1) is 12.3. The van der Waals surface area contributed by atoms with Gasteiger partial charge in [0.15, 0.2) is 4.34 Å². The van der Waals surface area contributed by atoms with Crippen molar-refractivity contribution >= 4 is 56.4 Å². The molecular formula is C10H7ClN4S3. The normalized spacial score (nSPS) is 11.2. The van der Waals surface area contributed by atoms with Gasteiger partial charge in [-0.3, -0.25) is 0 Å². The van der Waals surface area contributed by atoms with Crippen molar-refractivity contribution in [2.45, 2.75) is 17.0 Å². The third-order valence-electron chi connectivity index (χ3n) is 2.16. The van der Waals surface area contributed by atoms with Gasteiger partial charge in [-0.25, -0.2) is 15.0 Å². The van der Waals surface area contributed by atoms with Crippen LogP contribution in [0.1, 0.15) is 11.6 Å². The molecule has 0 amide bonds. The molecule has 0 saturated heterocycles. The lowest BCUT2D eigenvalue weighted by atomic mass is 10.4. The van der Waals surface area contributed by atoms with Gasteiger partial charge in [0, 0.05) is 5.39 Å².